The maximum atomic E-state index is 13.4. The number of carbonyl (C=O) groups is 1. The van der Waals surface area contributed by atoms with Crippen molar-refractivity contribution in [1.29, 1.82) is 0 Å². The number of rotatable bonds is 7. The number of hydrogen-bond donors (Lipinski definition) is 2. The first kappa shape index (κ1) is 17.0. The molecule has 5 heteroatoms. The van der Waals surface area contributed by atoms with Gasteiger partial charge in [-0.05, 0) is 24.3 Å². The minimum Gasteiger partial charge on any atom is -0.485 e. The molecule has 0 saturated heterocycles. The molecule has 1 atom stereocenters. The van der Waals surface area contributed by atoms with Crippen molar-refractivity contribution in [2.75, 3.05) is 27.2 Å². The lowest BCUT2D eigenvalue weighted by atomic mass is 10.1. The van der Waals surface area contributed by atoms with Gasteiger partial charge in [0.15, 0.2) is 11.6 Å². The van der Waals surface area contributed by atoms with E-state index in [1.807, 2.05) is 24.3 Å². The molecule has 1 amide bonds. The molecule has 2 rings (SSSR count). The zero-order valence-corrected chi connectivity index (χ0v) is 13.4. The Morgan fingerprint density at radius 2 is 1.87 bits per heavy atom. The van der Waals surface area contributed by atoms with E-state index < -0.39 is 0 Å². The molecule has 0 aromatic heterocycles. The molecule has 0 heterocycles. The number of amides is 1. The second-order valence-electron chi connectivity index (χ2n) is 5.44. The molecular weight excluding hydrogens is 295 g/mol. The topological polar surface area (TPSA) is 42.8 Å². The molecule has 0 aliphatic heterocycles. The van der Waals surface area contributed by atoms with Crippen LogP contribution in [0, 0.1) is 5.82 Å². The molecule has 23 heavy (non-hydrogen) atoms. The zero-order chi connectivity index (χ0) is 16.7. The van der Waals surface area contributed by atoms with E-state index in [0.29, 0.717) is 12.2 Å². The third kappa shape index (κ3) is 5.07. The predicted molar refractivity (Wildman–Crippen MR) is 87.2 cm³/mol. The highest BCUT2D eigenvalue weighted by Gasteiger charge is 2.08. The van der Waals surface area contributed by atoms with Crippen molar-refractivity contribution < 1.29 is 18.8 Å². The van der Waals surface area contributed by atoms with Crippen LogP contribution in [0.1, 0.15) is 15.9 Å². The Labute approximate surface area is 135 Å². The first-order valence-electron chi connectivity index (χ1n) is 7.60. The molecule has 0 aliphatic carbocycles. The SMILES string of the molecule is CNC(=O)c1ccc(C[NH+](C)CCOc2ccccc2F)cc1. The van der Waals surface area contributed by atoms with Gasteiger partial charge in [0.2, 0.25) is 0 Å². The monoisotopic (exact) mass is 317 g/mol. The Balaban J connectivity index is 1.79. The molecule has 0 spiro atoms. The van der Waals surface area contributed by atoms with Crippen molar-refractivity contribution in [2.45, 2.75) is 6.54 Å². The number of likely N-dealkylation sites (N-methyl/N-ethyl adjacent to an activating group) is 1. The van der Waals surface area contributed by atoms with Gasteiger partial charge >= 0.3 is 0 Å². The van der Waals surface area contributed by atoms with Crippen LogP contribution in [-0.2, 0) is 6.54 Å². The van der Waals surface area contributed by atoms with Crippen molar-refractivity contribution >= 4 is 5.91 Å². The Morgan fingerprint density at radius 1 is 1.17 bits per heavy atom. The highest BCUT2D eigenvalue weighted by atomic mass is 19.1. The van der Waals surface area contributed by atoms with E-state index in [2.05, 4.69) is 12.4 Å². The Bertz CT molecular complexity index is 644. The maximum absolute atomic E-state index is 13.4. The van der Waals surface area contributed by atoms with E-state index in [4.69, 9.17) is 4.74 Å². The van der Waals surface area contributed by atoms with Gasteiger partial charge in [0.1, 0.15) is 19.7 Å². The molecule has 2 aromatic rings. The second-order valence-corrected chi connectivity index (χ2v) is 5.44. The summed E-state index contributed by atoms with van der Waals surface area (Å²) in [7, 11) is 3.67. The van der Waals surface area contributed by atoms with Gasteiger partial charge in [-0.25, -0.2) is 4.39 Å². The summed E-state index contributed by atoms with van der Waals surface area (Å²) >= 11 is 0. The molecule has 0 fully saturated rings. The summed E-state index contributed by atoms with van der Waals surface area (Å²) in [5.41, 5.74) is 1.79. The van der Waals surface area contributed by atoms with E-state index in [-0.39, 0.29) is 17.5 Å². The lowest BCUT2D eigenvalue weighted by Gasteiger charge is -2.15. The van der Waals surface area contributed by atoms with Crippen LogP contribution in [0.25, 0.3) is 0 Å². The minimum absolute atomic E-state index is 0.0875. The maximum Gasteiger partial charge on any atom is 0.251 e. The van der Waals surface area contributed by atoms with E-state index >= 15 is 0 Å². The van der Waals surface area contributed by atoms with E-state index in [1.165, 1.54) is 11.0 Å². The zero-order valence-electron chi connectivity index (χ0n) is 13.4. The molecule has 0 bridgehead atoms. The fourth-order valence-corrected chi connectivity index (χ4v) is 2.25. The quantitative estimate of drug-likeness (QED) is 0.808. The fraction of sp³-hybridized carbons (Fsp3) is 0.278. The number of halogens is 1. The number of nitrogens with one attached hydrogen (secondary N) is 2. The summed E-state index contributed by atoms with van der Waals surface area (Å²) in [5.74, 6) is -0.138. The van der Waals surface area contributed by atoms with Crippen molar-refractivity contribution in [3.05, 3.63) is 65.5 Å². The Kier molecular flexibility index (Phi) is 6.11. The predicted octanol–water partition coefficient (Wildman–Crippen LogP) is 1.28. The lowest BCUT2D eigenvalue weighted by molar-refractivity contribution is -0.893. The van der Waals surface area contributed by atoms with Crippen LogP contribution >= 0.6 is 0 Å². The standard InChI is InChI=1S/C18H21FN2O2/c1-20-18(22)15-9-7-14(8-10-15)13-21(2)11-12-23-17-6-4-3-5-16(17)19/h3-10H,11-13H2,1-2H3,(H,20,22)/p+1. The highest BCUT2D eigenvalue weighted by Crippen LogP contribution is 2.14. The van der Waals surface area contributed by atoms with Gasteiger partial charge < -0.3 is 15.0 Å². The number of ether oxygens (including phenoxy) is 1. The third-order valence-corrected chi connectivity index (χ3v) is 3.57. The van der Waals surface area contributed by atoms with E-state index in [1.54, 1.807) is 25.2 Å². The largest absolute Gasteiger partial charge is 0.485 e. The van der Waals surface area contributed by atoms with E-state index in [9.17, 15) is 9.18 Å². The van der Waals surface area contributed by atoms with Crippen LogP contribution in [0.4, 0.5) is 4.39 Å². The van der Waals surface area contributed by atoms with Gasteiger partial charge in [-0.3, -0.25) is 4.79 Å². The Hall–Kier alpha value is -2.40. The van der Waals surface area contributed by atoms with Crippen LogP contribution in [0.5, 0.6) is 5.75 Å². The van der Waals surface area contributed by atoms with Crippen molar-refractivity contribution in [3.8, 4) is 5.75 Å². The normalized spacial score (nSPS) is 11.8. The first-order valence-corrected chi connectivity index (χ1v) is 7.60. The van der Waals surface area contributed by atoms with Crippen molar-refractivity contribution in [3.63, 3.8) is 0 Å². The summed E-state index contributed by atoms with van der Waals surface area (Å²) in [6, 6.07) is 13.9. The third-order valence-electron chi connectivity index (χ3n) is 3.57. The molecular formula is C18H22FN2O2+. The van der Waals surface area contributed by atoms with Gasteiger partial charge in [-0.2, -0.15) is 0 Å². The Morgan fingerprint density at radius 3 is 2.52 bits per heavy atom. The number of para-hydroxylation sites is 1. The average Bonchev–Trinajstić information content (AvgIpc) is 2.56. The number of quaternary nitrogens is 1. The van der Waals surface area contributed by atoms with Gasteiger partial charge in [0, 0.05) is 18.2 Å². The molecule has 0 saturated carbocycles. The van der Waals surface area contributed by atoms with Crippen LogP contribution in [0.3, 0.4) is 0 Å². The summed E-state index contributed by atoms with van der Waals surface area (Å²) in [6.45, 7) is 2.02. The lowest BCUT2D eigenvalue weighted by Crippen LogP contribution is -3.08. The highest BCUT2D eigenvalue weighted by molar-refractivity contribution is 5.93. The van der Waals surface area contributed by atoms with E-state index in [0.717, 1.165) is 18.7 Å². The summed E-state index contributed by atoms with van der Waals surface area (Å²) in [6.07, 6.45) is 0. The molecule has 2 N–H and O–H groups in total. The molecule has 1 unspecified atom stereocenters. The van der Waals surface area contributed by atoms with Crippen LogP contribution in [-0.4, -0.2) is 33.2 Å². The molecule has 0 radical (unpaired) electrons. The van der Waals surface area contributed by atoms with Gasteiger partial charge in [0.25, 0.3) is 5.91 Å². The molecule has 0 aliphatic rings. The summed E-state index contributed by atoms with van der Waals surface area (Å²) < 4.78 is 18.9. The first-order chi connectivity index (χ1) is 11.1. The molecule has 122 valence electrons. The van der Waals surface area contributed by atoms with Gasteiger partial charge in [-0.1, -0.05) is 24.3 Å². The van der Waals surface area contributed by atoms with Crippen LogP contribution in [0.2, 0.25) is 0 Å². The second kappa shape index (κ2) is 8.29. The average molecular weight is 317 g/mol. The summed E-state index contributed by atoms with van der Waals surface area (Å²) in [4.78, 5) is 12.7. The smallest absolute Gasteiger partial charge is 0.251 e. The fourth-order valence-electron chi connectivity index (χ4n) is 2.25. The van der Waals surface area contributed by atoms with Gasteiger partial charge in [-0.15, -0.1) is 0 Å². The van der Waals surface area contributed by atoms with Crippen molar-refractivity contribution in [1.82, 2.24) is 5.32 Å². The van der Waals surface area contributed by atoms with Gasteiger partial charge in [0.05, 0.1) is 7.05 Å². The van der Waals surface area contributed by atoms with Crippen LogP contribution < -0.4 is 15.0 Å². The molecule has 2 aromatic carbocycles. The number of carbonyl (C=O) groups excluding carboxylic acids is 1. The summed E-state index contributed by atoms with van der Waals surface area (Å²) in [5, 5.41) is 2.60. The van der Waals surface area contributed by atoms with Crippen molar-refractivity contribution in [2.24, 2.45) is 0 Å². The van der Waals surface area contributed by atoms with Crippen LogP contribution in [0.15, 0.2) is 48.5 Å². The number of hydrogen-bond acceptors (Lipinski definition) is 2. The number of benzene rings is 2. The minimum atomic E-state index is -0.338. The molecule has 4 nitrogen and oxygen atoms in total.